The van der Waals surface area contributed by atoms with Crippen molar-refractivity contribution in [2.75, 3.05) is 34.0 Å². The van der Waals surface area contributed by atoms with E-state index in [1.807, 2.05) is 12.1 Å². The lowest BCUT2D eigenvalue weighted by Gasteiger charge is -2.15. The van der Waals surface area contributed by atoms with E-state index in [0.717, 1.165) is 23.3 Å². The van der Waals surface area contributed by atoms with Crippen molar-refractivity contribution in [3.63, 3.8) is 0 Å². The molecular weight excluding hydrogens is 495 g/mol. The van der Waals surface area contributed by atoms with E-state index in [1.165, 1.54) is 5.56 Å². The molecule has 1 aromatic carbocycles. The minimum Gasteiger partial charge on any atom is -0.493 e. The molecule has 1 heterocycles. The Labute approximate surface area is 196 Å². The lowest BCUT2D eigenvalue weighted by molar-refractivity contribution is 0.143. The van der Waals surface area contributed by atoms with Crippen molar-refractivity contribution in [3.05, 3.63) is 53.2 Å². The van der Waals surface area contributed by atoms with E-state index in [1.54, 1.807) is 20.4 Å². The molecule has 1 aromatic heterocycles. The van der Waals surface area contributed by atoms with Gasteiger partial charge in [0.2, 0.25) is 5.88 Å². The number of rotatable bonds is 11. The average Bonchev–Trinajstić information content (AvgIpc) is 2.74. The summed E-state index contributed by atoms with van der Waals surface area (Å²) in [5.74, 6) is 2.22. The minimum atomic E-state index is 0. The van der Waals surface area contributed by atoms with E-state index in [0.29, 0.717) is 44.7 Å². The minimum absolute atomic E-state index is 0. The Bertz CT molecular complexity index is 769. The van der Waals surface area contributed by atoms with Crippen molar-refractivity contribution < 1.29 is 14.2 Å². The first-order valence-corrected chi connectivity index (χ1v) is 9.89. The zero-order chi connectivity index (χ0) is 20.9. The van der Waals surface area contributed by atoms with E-state index in [4.69, 9.17) is 14.2 Å². The summed E-state index contributed by atoms with van der Waals surface area (Å²) in [4.78, 5) is 8.59. The van der Waals surface area contributed by atoms with Crippen molar-refractivity contribution in [1.82, 2.24) is 15.6 Å². The maximum absolute atomic E-state index is 5.88. The molecule has 0 aliphatic heterocycles. The van der Waals surface area contributed by atoms with Gasteiger partial charge in [-0.25, -0.2) is 4.98 Å². The van der Waals surface area contributed by atoms with Crippen LogP contribution in [0, 0.1) is 6.92 Å². The molecule has 0 bridgehead atoms. The van der Waals surface area contributed by atoms with Crippen molar-refractivity contribution >= 4 is 29.9 Å². The first kappa shape index (κ1) is 26.0. The second kappa shape index (κ2) is 14.8. The average molecular weight is 528 g/mol. The second-order valence-electron chi connectivity index (χ2n) is 6.58. The van der Waals surface area contributed by atoms with Crippen LogP contribution in [-0.4, -0.2) is 44.9 Å². The number of ether oxygens (including phenoxy) is 3. The van der Waals surface area contributed by atoms with E-state index in [-0.39, 0.29) is 24.0 Å². The molecule has 0 spiro atoms. The number of aromatic nitrogens is 1. The Balaban J connectivity index is 0.00000450. The maximum atomic E-state index is 5.88. The highest BCUT2D eigenvalue weighted by Crippen LogP contribution is 2.20. The lowest BCUT2D eigenvalue weighted by atomic mass is 10.1. The van der Waals surface area contributed by atoms with E-state index in [2.05, 4.69) is 52.7 Å². The smallest absolute Gasteiger partial charge is 0.213 e. The Morgan fingerprint density at radius 2 is 1.83 bits per heavy atom. The van der Waals surface area contributed by atoms with Gasteiger partial charge in [0, 0.05) is 45.1 Å². The fourth-order valence-electron chi connectivity index (χ4n) is 2.57. The summed E-state index contributed by atoms with van der Waals surface area (Å²) < 4.78 is 16.3. The fourth-order valence-corrected chi connectivity index (χ4v) is 2.57. The summed E-state index contributed by atoms with van der Waals surface area (Å²) in [5.41, 5.74) is 3.32. The molecule has 0 atom stereocenters. The van der Waals surface area contributed by atoms with Gasteiger partial charge in [0.05, 0.1) is 13.2 Å². The Kier molecular flexibility index (Phi) is 12.8. The highest BCUT2D eigenvalue weighted by molar-refractivity contribution is 14.0. The SMILES string of the molecule is CCCOc1cc(C)ccc1CNC(=NC)NCc1ccc(OCCOC)nc1.I. The quantitative estimate of drug-likeness (QED) is 0.201. The van der Waals surface area contributed by atoms with Crippen LogP contribution in [-0.2, 0) is 17.8 Å². The van der Waals surface area contributed by atoms with Gasteiger partial charge in [0.15, 0.2) is 5.96 Å². The predicted molar refractivity (Wildman–Crippen MR) is 131 cm³/mol. The maximum Gasteiger partial charge on any atom is 0.213 e. The van der Waals surface area contributed by atoms with Gasteiger partial charge in [-0.05, 0) is 30.5 Å². The fraction of sp³-hybridized carbons (Fsp3) is 0.455. The van der Waals surface area contributed by atoms with Crippen molar-refractivity contribution in [3.8, 4) is 11.6 Å². The summed E-state index contributed by atoms with van der Waals surface area (Å²) in [5, 5.41) is 6.64. The molecule has 0 saturated carbocycles. The summed E-state index contributed by atoms with van der Waals surface area (Å²) in [7, 11) is 3.40. The van der Waals surface area contributed by atoms with Gasteiger partial charge >= 0.3 is 0 Å². The third kappa shape index (κ3) is 9.17. The first-order chi connectivity index (χ1) is 14.2. The molecule has 2 aromatic rings. The van der Waals surface area contributed by atoms with Crippen molar-refractivity contribution in [2.24, 2.45) is 4.99 Å². The van der Waals surface area contributed by atoms with Crippen molar-refractivity contribution in [2.45, 2.75) is 33.4 Å². The lowest BCUT2D eigenvalue weighted by Crippen LogP contribution is -2.36. The zero-order valence-electron chi connectivity index (χ0n) is 18.2. The Morgan fingerprint density at radius 1 is 1.03 bits per heavy atom. The number of pyridine rings is 1. The molecule has 166 valence electrons. The summed E-state index contributed by atoms with van der Waals surface area (Å²) in [6.07, 6.45) is 2.77. The Hall–Kier alpha value is -2.07. The molecule has 0 aliphatic carbocycles. The number of aryl methyl sites for hydroxylation is 1. The van der Waals surface area contributed by atoms with Crippen LogP contribution >= 0.6 is 24.0 Å². The van der Waals surface area contributed by atoms with Gasteiger partial charge in [-0.15, -0.1) is 24.0 Å². The van der Waals surface area contributed by atoms with Crippen LogP contribution in [0.4, 0.5) is 0 Å². The molecule has 0 amide bonds. The molecule has 0 unspecified atom stereocenters. The van der Waals surface area contributed by atoms with Crippen LogP contribution in [0.1, 0.15) is 30.0 Å². The van der Waals surface area contributed by atoms with Crippen LogP contribution in [0.2, 0.25) is 0 Å². The highest BCUT2D eigenvalue weighted by atomic mass is 127. The number of nitrogens with one attached hydrogen (secondary N) is 2. The molecule has 8 heteroatoms. The van der Waals surface area contributed by atoms with Gasteiger partial charge in [0.1, 0.15) is 12.4 Å². The number of guanidine groups is 1. The first-order valence-electron chi connectivity index (χ1n) is 9.89. The van der Waals surface area contributed by atoms with Crippen LogP contribution in [0.25, 0.3) is 0 Å². The Morgan fingerprint density at radius 3 is 2.50 bits per heavy atom. The molecule has 30 heavy (non-hydrogen) atoms. The van der Waals surface area contributed by atoms with Gasteiger partial charge < -0.3 is 24.8 Å². The summed E-state index contributed by atoms with van der Waals surface area (Å²) >= 11 is 0. The van der Waals surface area contributed by atoms with Crippen LogP contribution < -0.4 is 20.1 Å². The van der Waals surface area contributed by atoms with Crippen LogP contribution in [0.3, 0.4) is 0 Å². The third-order valence-electron chi connectivity index (χ3n) is 4.15. The number of methoxy groups -OCH3 is 1. The van der Waals surface area contributed by atoms with E-state index >= 15 is 0 Å². The molecule has 2 rings (SSSR count). The molecule has 0 aliphatic rings. The number of benzene rings is 1. The largest absolute Gasteiger partial charge is 0.493 e. The zero-order valence-corrected chi connectivity index (χ0v) is 20.6. The molecule has 0 radical (unpaired) electrons. The van der Waals surface area contributed by atoms with Gasteiger partial charge in [0.25, 0.3) is 0 Å². The topological polar surface area (TPSA) is 77.0 Å². The van der Waals surface area contributed by atoms with Gasteiger partial charge in [-0.3, -0.25) is 4.99 Å². The van der Waals surface area contributed by atoms with E-state index in [9.17, 15) is 0 Å². The molecule has 0 fully saturated rings. The third-order valence-corrected chi connectivity index (χ3v) is 4.15. The van der Waals surface area contributed by atoms with Crippen molar-refractivity contribution in [1.29, 1.82) is 0 Å². The van der Waals surface area contributed by atoms with Crippen LogP contribution in [0.5, 0.6) is 11.6 Å². The normalized spacial score (nSPS) is 10.9. The summed E-state index contributed by atoms with van der Waals surface area (Å²) in [6, 6.07) is 10.1. The predicted octanol–water partition coefficient (Wildman–Crippen LogP) is 3.69. The number of halogens is 1. The standard InChI is InChI=1S/C22H32N4O3.HI/c1-5-10-28-20-13-17(2)6-8-19(20)16-26-22(23-3)25-15-18-7-9-21(24-14-18)29-12-11-27-4;/h6-9,13-14H,5,10-12,15-16H2,1-4H3,(H2,23,25,26);1H. The molecule has 2 N–H and O–H groups in total. The number of aliphatic imine (C=N–C) groups is 1. The molecule has 0 saturated heterocycles. The van der Waals surface area contributed by atoms with Gasteiger partial charge in [-0.1, -0.05) is 25.1 Å². The van der Waals surface area contributed by atoms with Crippen LogP contribution in [0.15, 0.2) is 41.5 Å². The number of nitrogens with zero attached hydrogens (tertiary/aromatic N) is 2. The van der Waals surface area contributed by atoms with Gasteiger partial charge in [-0.2, -0.15) is 0 Å². The number of hydrogen-bond donors (Lipinski definition) is 2. The summed E-state index contributed by atoms with van der Waals surface area (Å²) in [6.45, 7) is 7.15. The highest BCUT2D eigenvalue weighted by Gasteiger charge is 2.06. The monoisotopic (exact) mass is 528 g/mol. The second-order valence-corrected chi connectivity index (χ2v) is 6.58. The van der Waals surface area contributed by atoms with E-state index < -0.39 is 0 Å². The molecular formula is C22H33IN4O3. The number of hydrogen-bond acceptors (Lipinski definition) is 5. The molecule has 7 nitrogen and oxygen atoms in total.